The molecule has 0 fully saturated rings. The molecule has 3 N–H and O–H groups in total. The summed E-state index contributed by atoms with van der Waals surface area (Å²) in [5.74, 6) is -1.46. The normalized spacial score (nSPS) is 11.9. The van der Waals surface area contributed by atoms with Crippen molar-refractivity contribution in [1.82, 2.24) is 5.32 Å². The lowest BCUT2D eigenvalue weighted by Gasteiger charge is -2.08. The van der Waals surface area contributed by atoms with Crippen molar-refractivity contribution in [3.63, 3.8) is 0 Å². The van der Waals surface area contributed by atoms with Crippen molar-refractivity contribution in [3.8, 4) is 0 Å². The van der Waals surface area contributed by atoms with E-state index in [1.165, 1.54) is 11.8 Å². The zero-order valence-electron chi connectivity index (χ0n) is 9.92. The lowest BCUT2D eigenvalue weighted by molar-refractivity contribution is -0.146. The Balaban J connectivity index is 2.34. The van der Waals surface area contributed by atoms with E-state index in [-0.39, 0.29) is 18.2 Å². The summed E-state index contributed by atoms with van der Waals surface area (Å²) in [6.45, 7) is 1.68. The van der Waals surface area contributed by atoms with Crippen LogP contribution in [0.1, 0.15) is 5.56 Å². The molecule has 0 saturated carbocycles. The maximum atomic E-state index is 11.4. The third-order valence-corrected chi connectivity index (χ3v) is 3.41. The monoisotopic (exact) mass is 269 g/mol. The van der Waals surface area contributed by atoms with Crippen molar-refractivity contribution in [2.45, 2.75) is 17.9 Å². The van der Waals surface area contributed by atoms with Crippen LogP contribution in [0.5, 0.6) is 0 Å². The number of carbonyl (C=O) groups is 2. The van der Waals surface area contributed by atoms with E-state index in [9.17, 15) is 9.59 Å². The lowest BCUT2D eigenvalue weighted by Crippen LogP contribution is -2.37. The first-order chi connectivity index (χ1) is 8.50. The van der Waals surface area contributed by atoms with Crippen molar-refractivity contribution in [2.24, 2.45) is 0 Å². The molecule has 0 aliphatic carbocycles. The zero-order valence-corrected chi connectivity index (χ0v) is 10.7. The van der Waals surface area contributed by atoms with Gasteiger partial charge in [-0.1, -0.05) is 18.2 Å². The van der Waals surface area contributed by atoms with Crippen LogP contribution in [0.4, 0.5) is 0 Å². The number of benzene rings is 1. The number of hydrogen-bond acceptors (Lipinski definition) is 4. The molecule has 0 saturated heterocycles. The van der Waals surface area contributed by atoms with Gasteiger partial charge in [-0.3, -0.25) is 4.79 Å². The minimum absolute atomic E-state index is 0.192. The van der Waals surface area contributed by atoms with Gasteiger partial charge in [0.25, 0.3) is 0 Å². The van der Waals surface area contributed by atoms with E-state index in [0.29, 0.717) is 0 Å². The zero-order chi connectivity index (χ0) is 13.5. The molecule has 1 rings (SSSR count). The van der Waals surface area contributed by atoms with E-state index in [1.54, 1.807) is 0 Å². The van der Waals surface area contributed by atoms with Gasteiger partial charge in [-0.2, -0.15) is 0 Å². The molecule has 18 heavy (non-hydrogen) atoms. The summed E-state index contributed by atoms with van der Waals surface area (Å²) in [5, 5.41) is 19.8. The highest BCUT2D eigenvalue weighted by atomic mass is 32.2. The molecule has 1 amide bonds. The van der Waals surface area contributed by atoms with Crippen LogP contribution in [0.2, 0.25) is 0 Å². The number of hydrogen-bond donors (Lipinski definition) is 3. The second-order valence-corrected chi connectivity index (χ2v) is 4.73. The summed E-state index contributed by atoms with van der Waals surface area (Å²) < 4.78 is 0. The van der Waals surface area contributed by atoms with Crippen molar-refractivity contribution in [2.75, 3.05) is 12.3 Å². The number of rotatable bonds is 6. The lowest BCUT2D eigenvalue weighted by atomic mass is 10.2. The summed E-state index contributed by atoms with van der Waals surface area (Å²) in [6.07, 6.45) is -1.56. The maximum absolute atomic E-state index is 11.4. The second kappa shape index (κ2) is 7.03. The number of amides is 1. The fourth-order valence-electron chi connectivity index (χ4n) is 1.21. The number of carboxylic acids is 1. The number of thioether (sulfide) groups is 1. The van der Waals surface area contributed by atoms with Crippen LogP contribution in [0, 0.1) is 6.92 Å². The summed E-state index contributed by atoms with van der Waals surface area (Å²) in [4.78, 5) is 22.8. The van der Waals surface area contributed by atoms with Crippen LogP contribution in [-0.4, -0.2) is 40.5 Å². The summed E-state index contributed by atoms with van der Waals surface area (Å²) >= 11 is 1.37. The SMILES string of the molecule is Cc1ccccc1SCC(=O)NC[C@H](O)C(=O)O. The number of nitrogens with one attached hydrogen (secondary N) is 1. The fourth-order valence-corrected chi connectivity index (χ4v) is 2.07. The molecule has 6 heteroatoms. The number of aliphatic carboxylic acids is 1. The molecular formula is C12H15NO4S. The third kappa shape index (κ3) is 4.77. The Morgan fingerprint density at radius 2 is 2.06 bits per heavy atom. The number of carbonyl (C=O) groups excluding carboxylic acids is 1. The van der Waals surface area contributed by atoms with Crippen LogP contribution < -0.4 is 5.32 Å². The van der Waals surface area contributed by atoms with Gasteiger partial charge in [-0.25, -0.2) is 4.79 Å². The van der Waals surface area contributed by atoms with Crippen LogP contribution in [0.3, 0.4) is 0 Å². The first kappa shape index (κ1) is 14.5. The van der Waals surface area contributed by atoms with Gasteiger partial charge in [-0.05, 0) is 18.6 Å². The Hall–Kier alpha value is -1.53. The van der Waals surface area contributed by atoms with Gasteiger partial charge < -0.3 is 15.5 Å². The fraction of sp³-hybridized carbons (Fsp3) is 0.333. The van der Waals surface area contributed by atoms with Gasteiger partial charge in [0.2, 0.25) is 5.91 Å². The molecule has 5 nitrogen and oxygen atoms in total. The molecular weight excluding hydrogens is 254 g/mol. The van der Waals surface area contributed by atoms with E-state index in [1.807, 2.05) is 31.2 Å². The number of carboxylic acid groups (broad SMARTS) is 1. The van der Waals surface area contributed by atoms with Gasteiger partial charge in [0.05, 0.1) is 12.3 Å². The van der Waals surface area contributed by atoms with E-state index in [0.717, 1.165) is 10.5 Å². The third-order valence-electron chi connectivity index (χ3n) is 2.23. The van der Waals surface area contributed by atoms with Crippen LogP contribution in [0.15, 0.2) is 29.2 Å². The molecule has 0 aromatic heterocycles. The van der Waals surface area contributed by atoms with Gasteiger partial charge in [0.1, 0.15) is 0 Å². The van der Waals surface area contributed by atoms with E-state index in [2.05, 4.69) is 5.32 Å². The Morgan fingerprint density at radius 3 is 2.67 bits per heavy atom. The topological polar surface area (TPSA) is 86.6 Å². The number of aliphatic hydroxyl groups is 1. The minimum atomic E-state index is -1.56. The molecule has 0 unspecified atom stereocenters. The maximum Gasteiger partial charge on any atom is 0.334 e. The Bertz CT molecular complexity index is 436. The highest BCUT2D eigenvalue weighted by Gasteiger charge is 2.14. The smallest absolute Gasteiger partial charge is 0.334 e. The largest absolute Gasteiger partial charge is 0.479 e. The Morgan fingerprint density at radius 1 is 1.39 bits per heavy atom. The molecule has 0 aliphatic rings. The summed E-state index contributed by atoms with van der Waals surface area (Å²) in [6, 6.07) is 7.68. The van der Waals surface area contributed by atoms with Crippen molar-refractivity contribution >= 4 is 23.6 Å². The molecule has 0 spiro atoms. The number of aryl methyl sites for hydroxylation is 1. The van der Waals surface area contributed by atoms with Crippen LogP contribution in [-0.2, 0) is 9.59 Å². The molecule has 0 radical (unpaired) electrons. The summed E-state index contributed by atoms with van der Waals surface area (Å²) in [5.41, 5.74) is 1.08. The van der Waals surface area contributed by atoms with Crippen molar-refractivity contribution < 1.29 is 19.8 Å². The van der Waals surface area contributed by atoms with Gasteiger partial charge in [0, 0.05) is 4.90 Å². The standard InChI is InChI=1S/C12H15NO4S/c1-8-4-2-3-5-10(8)18-7-11(15)13-6-9(14)12(16)17/h2-5,9,14H,6-7H2,1H3,(H,13,15)(H,16,17)/t9-/m0/s1. The van der Waals surface area contributed by atoms with E-state index < -0.39 is 12.1 Å². The Kier molecular flexibility index (Phi) is 5.67. The van der Waals surface area contributed by atoms with Gasteiger partial charge in [0.15, 0.2) is 6.10 Å². The molecule has 1 aromatic rings. The van der Waals surface area contributed by atoms with Gasteiger partial charge in [-0.15, -0.1) is 11.8 Å². The summed E-state index contributed by atoms with van der Waals surface area (Å²) in [7, 11) is 0. The molecule has 1 atom stereocenters. The van der Waals surface area contributed by atoms with Crippen LogP contribution in [0.25, 0.3) is 0 Å². The average molecular weight is 269 g/mol. The average Bonchev–Trinajstić information content (AvgIpc) is 2.34. The van der Waals surface area contributed by atoms with Crippen molar-refractivity contribution in [1.29, 1.82) is 0 Å². The van der Waals surface area contributed by atoms with Crippen molar-refractivity contribution in [3.05, 3.63) is 29.8 Å². The molecule has 0 heterocycles. The number of aliphatic hydroxyl groups excluding tert-OH is 1. The predicted octanol–water partition coefficient (Wildman–Crippen LogP) is 0.649. The van der Waals surface area contributed by atoms with Crippen LogP contribution >= 0.6 is 11.8 Å². The second-order valence-electron chi connectivity index (χ2n) is 3.71. The van der Waals surface area contributed by atoms with Gasteiger partial charge >= 0.3 is 5.97 Å². The molecule has 98 valence electrons. The predicted molar refractivity (Wildman–Crippen MR) is 68.6 cm³/mol. The molecule has 1 aromatic carbocycles. The highest BCUT2D eigenvalue weighted by molar-refractivity contribution is 8.00. The Labute approximate surface area is 109 Å². The first-order valence-electron chi connectivity index (χ1n) is 5.36. The molecule has 0 aliphatic heterocycles. The quantitative estimate of drug-likeness (QED) is 0.660. The van der Waals surface area contributed by atoms with E-state index >= 15 is 0 Å². The minimum Gasteiger partial charge on any atom is -0.479 e. The molecule has 0 bridgehead atoms. The first-order valence-corrected chi connectivity index (χ1v) is 6.35. The highest BCUT2D eigenvalue weighted by Crippen LogP contribution is 2.21. The van der Waals surface area contributed by atoms with E-state index in [4.69, 9.17) is 10.2 Å².